The van der Waals surface area contributed by atoms with Gasteiger partial charge in [-0.05, 0) is 49.9 Å². The molecule has 112 valence electrons. The second kappa shape index (κ2) is 6.58. The van der Waals surface area contributed by atoms with E-state index in [9.17, 15) is 0 Å². The highest BCUT2D eigenvalue weighted by Gasteiger charge is 2.45. The topological polar surface area (TPSA) is 35.2 Å². The van der Waals surface area contributed by atoms with Crippen molar-refractivity contribution in [3.05, 3.63) is 0 Å². The third-order valence-corrected chi connectivity index (χ3v) is 6.09. The number of hydrogen-bond donors (Lipinski definition) is 1. The first kappa shape index (κ1) is 15.3. The van der Waals surface area contributed by atoms with Crippen LogP contribution >= 0.6 is 0 Å². The van der Waals surface area contributed by atoms with Gasteiger partial charge >= 0.3 is 0 Å². The average Bonchev–Trinajstić information content (AvgIpc) is 2.47. The van der Waals surface area contributed by atoms with Crippen molar-refractivity contribution >= 4 is 0 Å². The molecule has 0 aromatic rings. The van der Waals surface area contributed by atoms with Crippen LogP contribution in [0.1, 0.15) is 71.6 Å². The van der Waals surface area contributed by atoms with Gasteiger partial charge in [0.25, 0.3) is 0 Å². The molecular weight excluding hydrogens is 234 g/mol. The Morgan fingerprint density at radius 2 is 1.79 bits per heavy atom. The van der Waals surface area contributed by atoms with Crippen molar-refractivity contribution in [3.63, 3.8) is 0 Å². The largest absolute Gasteiger partial charge is 0.377 e. The van der Waals surface area contributed by atoms with Gasteiger partial charge in [0.15, 0.2) is 0 Å². The first-order valence-electron chi connectivity index (χ1n) is 8.43. The molecular formula is C17H33NO. The van der Waals surface area contributed by atoms with E-state index in [1.165, 1.54) is 57.8 Å². The molecule has 2 N–H and O–H groups in total. The Morgan fingerprint density at radius 1 is 1.16 bits per heavy atom. The molecule has 2 aliphatic rings. The van der Waals surface area contributed by atoms with Crippen molar-refractivity contribution < 1.29 is 4.74 Å². The first-order valence-corrected chi connectivity index (χ1v) is 8.43. The maximum Gasteiger partial charge on any atom is 0.0831 e. The Balaban J connectivity index is 2.08. The molecule has 2 nitrogen and oxygen atoms in total. The van der Waals surface area contributed by atoms with E-state index in [1.54, 1.807) is 0 Å². The molecule has 0 heterocycles. The molecule has 2 saturated carbocycles. The Bertz CT molecular complexity index is 270. The molecule has 0 saturated heterocycles. The third-order valence-electron chi connectivity index (χ3n) is 6.09. The lowest BCUT2D eigenvalue weighted by atomic mass is 9.65. The van der Waals surface area contributed by atoms with Gasteiger partial charge in [0.2, 0.25) is 0 Å². The predicted octanol–water partition coefficient (Wildman–Crippen LogP) is 4.13. The Hall–Kier alpha value is -0.0800. The zero-order chi connectivity index (χ0) is 13.9. The lowest BCUT2D eigenvalue weighted by Crippen LogP contribution is -2.57. The van der Waals surface area contributed by atoms with Crippen LogP contribution in [0.2, 0.25) is 0 Å². The summed E-state index contributed by atoms with van der Waals surface area (Å²) in [7, 11) is 1.89. The fourth-order valence-electron chi connectivity index (χ4n) is 4.53. The number of rotatable bonds is 4. The van der Waals surface area contributed by atoms with Gasteiger partial charge in [-0.25, -0.2) is 0 Å². The van der Waals surface area contributed by atoms with E-state index in [0.717, 1.165) is 11.8 Å². The van der Waals surface area contributed by atoms with Gasteiger partial charge in [-0.15, -0.1) is 0 Å². The zero-order valence-electron chi connectivity index (χ0n) is 13.2. The van der Waals surface area contributed by atoms with Gasteiger partial charge < -0.3 is 10.5 Å². The predicted molar refractivity (Wildman–Crippen MR) is 81.1 cm³/mol. The van der Waals surface area contributed by atoms with Crippen molar-refractivity contribution in [1.82, 2.24) is 0 Å². The molecule has 0 aromatic heterocycles. The zero-order valence-corrected chi connectivity index (χ0v) is 13.2. The summed E-state index contributed by atoms with van der Waals surface area (Å²) in [5, 5.41) is 0. The third kappa shape index (κ3) is 3.16. The molecule has 0 radical (unpaired) electrons. The molecule has 2 rings (SSSR count). The number of hydrogen-bond acceptors (Lipinski definition) is 2. The summed E-state index contributed by atoms with van der Waals surface area (Å²) in [6, 6.07) is 0.246. The van der Waals surface area contributed by atoms with Crippen LogP contribution in [0.3, 0.4) is 0 Å². The van der Waals surface area contributed by atoms with Crippen LogP contribution in [-0.4, -0.2) is 18.8 Å². The maximum atomic E-state index is 6.76. The maximum absolute atomic E-state index is 6.76. The number of ether oxygens (including phenoxy) is 1. The summed E-state index contributed by atoms with van der Waals surface area (Å²) in [4.78, 5) is 0. The standard InChI is InChI=1S/C17H33NO/c1-4-14-7-5-6-8-15(14)16(18)17(19-3)11-9-13(2)10-12-17/h13-16H,4-12,18H2,1-3H3. The lowest BCUT2D eigenvalue weighted by Gasteiger charge is -2.48. The molecule has 19 heavy (non-hydrogen) atoms. The fraction of sp³-hybridized carbons (Fsp3) is 1.00. The second-order valence-corrected chi connectivity index (χ2v) is 7.09. The summed E-state index contributed by atoms with van der Waals surface area (Å²) in [6.45, 7) is 4.69. The van der Waals surface area contributed by atoms with Gasteiger partial charge in [-0.3, -0.25) is 0 Å². The van der Waals surface area contributed by atoms with Crippen molar-refractivity contribution in [1.29, 1.82) is 0 Å². The normalized spacial score (nSPS) is 42.0. The molecule has 0 amide bonds. The van der Waals surface area contributed by atoms with Crippen molar-refractivity contribution in [2.45, 2.75) is 83.3 Å². The van der Waals surface area contributed by atoms with Crippen LogP contribution in [0.5, 0.6) is 0 Å². The van der Waals surface area contributed by atoms with E-state index < -0.39 is 0 Å². The molecule has 2 heteroatoms. The Labute approximate surface area is 119 Å². The van der Waals surface area contributed by atoms with Crippen LogP contribution in [0, 0.1) is 17.8 Å². The molecule has 2 aliphatic carbocycles. The summed E-state index contributed by atoms with van der Waals surface area (Å²) in [5.41, 5.74) is 6.73. The highest BCUT2D eigenvalue weighted by Crippen LogP contribution is 2.43. The van der Waals surface area contributed by atoms with E-state index in [4.69, 9.17) is 10.5 Å². The highest BCUT2D eigenvalue weighted by atomic mass is 16.5. The van der Waals surface area contributed by atoms with E-state index in [-0.39, 0.29) is 11.6 Å². The van der Waals surface area contributed by atoms with E-state index >= 15 is 0 Å². The minimum Gasteiger partial charge on any atom is -0.377 e. The fourth-order valence-corrected chi connectivity index (χ4v) is 4.53. The molecule has 3 atom stereocenters. The van der Waals surface area contributed by atoms with Crippen molar-refractivity contribution in [2.75, 3.05) is 7.11 Å². The molecule has 0 aromatic carbocycles. The molecule has 2 fully saturated rings. The minimum atomic E-state index is -0.0259. The monoisotopic (exact) mass is 267 g/mol. The summed E-state index contributed by atoms with van der Waals surface area (Å²) in [5.74, 6) is 2.37. The average molecular weight is 267 g/mol. The Kier molecular flexibility index (Phi) is 5.30. The smallest absolute Gasteiger partial charge is 0.0831 e. The first-order chi connectivity index (χ1) is 9.13. The van der Waals surface area contributed by atoms with Crippen LogP contribution < -0.4 is 5.73 Å². The van der Waals surface area contributed by atoms with E-state index in [0.29, 0.717) is 5.92 Å². The molecule has 0 aliphatic heterocycles. The summed E-state index contributed by atoms with van der Waals surface area (Å²) < 4.78 is 6.01. The van der Waals surface area contributed by atoms with Crippen LogP contribution in [0.15, 0.2) is 0 Å². The van der Waals surface area contributed by atoms with Gasteiger partial charge in [0, 0.05) is 13.2 Å². The summed E-state index contributed by atoms with van der Waals surface area (Å²) in [6.07, 6.45) is 11.7. The molecule has 0 spiro atoms. The van der Waals surface area contributed by atoms with E-state index in [1.807, 2.05) is 7.11 Å². The van der Waals surface area contributed by atoms with Gasteiger partial charge in [0.05, 0.1) is 5.60 Å². The number of nitrogens with two attached hydrogens (primary N) is 1. The Morgan fingerprint density at radius 3 is 2.37 bits per heavy atom. The second-order valence-electron chi connectivity index (χ2n) is 7.09. The highest BCUT2D eigenvalue weighted by molar-refractivity contribution is 4.99. The van der Waals surface area contributed by atoms with Crippen molar-refractivity contribution in [2.24, 2.45) is 23.5 Å². The van der Waals surface area contributed by atoms with E-state index in [2.05, 4.69) is 13.8 Å². The number of methoxy groups -OCH3 is 1. The molecule has 3 unspecified atom stereocenters. The van der Waals surface area contributed by atoms with Crippen molar-refractivity contribution in [3.8, 4) is 0 Å². The minimum absolute atomic E-state index is 0.0259. The van der Waals surface area contributed by atoms with Crippen LogP contribution in [0.4, 0.5) is 0 Å². The lowest BCUT2D eigenvalue weighted by molar-refractivity contribution is -0.0882. The van der Waals surface area contributed by atoms with Gasteiger partial charge in [-0.1, -0.05) is 39.5 Å². The SMILES string of the molecule is CCC1CCCCC1C(N)C1(OC)CCC(C)CC1. The molecule has 0 bridgehead atoms. The van der Waals surface area contributed by atoms with Gasteiger partial charge in [0.1, 0.15) is 0 Å². The van der Waals surface area contributed by atoms with Crippen LogP contribution in [-0.2, 0) is 4.74 Å². The van der Waals surface area contributed by atoms with Gasteiger partial charge in [-0.2, -0.15) is 0 Å². The van der Waals surface area contributed by atoms with Crippen LogP contribution in [0.25, 0.3) is 0 Å². The summed E-state index contributed by atoms with van der Waals surface area (Å²) >= 11 is 0. The quantitative estimate of drug-likeness (QED) is 0.831.